The lowest BCUT2D eigenvalue weighted by Crippen LogP contribution is -2.65. The van der Waals surface area contributed by atoms with E-state index in [1.807, 2.05) is 0 Å². The van der Waals surface area contributed by atoms with Crippen LogP contribution in [0.3, 0.4) is 0 Å². The van der Waals surface area contributed by atoms with Crippen LogP contribution < -0.4 is 21.7 Å². The Bertz CT molecular complexity index is 993. The number of nitrogens with two attached hydrogens (primary N) is 1. The molecular weight excluding hydrogens is 508 g/mol. The van der Waals surface area contributed by atoms with Crippen LogP contribution in [-0.4, -0.2) is 106 Å². The van der Waals surface area contributed by atoms with Gasteiger partial charge in [0.1, 0.15) is 43.0 Å². The maximum atomic E-state index is 12.6. The first kappa shape index (κ1) is 30.6. The summed E-state index contributed by atoms with van der Waals surface area (Å²) in [4.78, 5) is 59.6. The van der Waals surface area contributed by atoms with Gasteiger partial charge >= 0.3 is 5.97 Å². The molecule has 1 aromatic carbocycles. The first-order valence-electron chi connectivity index (χ1n) is 11.6. The van der Waals surface area contributed by atoms with Crippen molar-refractivity contribution in [1.29, 1.82) is 0 Å². The molecule has 9 N–H and O–H groups in total. The average molecular weight is 541 g/mol. The number of benzene rings is 1. The summed E-state index contributed by atoms with van der Waals surface area (Å²) in [5.74, 6) is -4.41. The Morgan fingerprint density at radius 1 is 1.11 bits per heavy atom. The van der Waals surface area contributed by atoms with Gasteiger partial charge in [-0.1, -0.05) is 18.2 Å². The van der Waals surface area contributed by atoms with Gasteiger partial charge in [0.25, 0.3) is 5.91 Å². The van der Waals surface area contributed by atoms with Gasteiger partial charge in [-0.25, -0.2) is 0 Å². The molecule has 0 aliphatic carbocycles. The predicted molar refractivity (Wildman–Crippen MR) is 127 cm³/mol. The smallest absolute Gasteiger partial charge is 0.303 e. The molecule has 0 saturated carbocycles. The van der Waals surface area contributed by atoms with E-state index in [2.05, 4.69) is 16.0 Å². The van der Waals surface area contributed by atoms with Crippen LogP contribution >= 0.6 is 0 Å². The number of primary amides is 1. The Morgan fingerprint density at radius 3 is 2.34 bits per heavy atom. The number of aliphatic hydroxyl groups excluding tert-OH is 3. The Hall–Kier alpha value is -3.63. The number of carbonyl (C=O) groups excluding carboxylic acids is 4. The van der Waals surface area contributed by atoms with Crippen molar-refractivity contribution in [2.24, 2.45) is 5.73 Å². The molecule has 0 aromatic heterocycles. The molecule has 210 valence electrons. The first-order valence-corrected chi connectivity index (χ1v) is 11.6. The van der Waals surface area contributed by atoms with Crippen molar-refractivity contribution < 1.29 is 53.9 Å². The molecule has 1 saturated heterocycles. The van der Waals surface area contributed by atoms with Crippen LogP contribution in [0.1, 0.15) is 30.1 Å². The largest absolute Gasteiger partial charge is 0.481 e. The minimum Gasteiger partial charge on any atom is -0.481 e. The highest BCUT2D eigenvalue weighted by atomic mass is 16.6. The third-order valence-corrected chi connectivity index (χ3v) is 5.69. The lowest BCUT2D eigenvalue weighted by atomic mass is 9.96. The van der Waals surface area contributed by atoms with Crippen molar-refractivity contribution in [3.8, 4) is 0 Å². The zero-order valence-electron chi connectivity index (χ0n) is 20.5. The summed E-state index contributed by atoms with van der Waals surface area (Å²) < 4.78 is 10.6. The number of aliphatic hydroxyl groups is 3. The van der Waals surface area contributed by atoms with E-state index in [0.29, 0.717) is 0 Å². The van der Waals surface area contributed by atoms with Crippen molar-refractivity contribution in [3.63, 3.8) is 0 Å². The second-order valence-corrected chi connectivity index (χ2v) is 8.56. The Kier molecular flexibility index (Phi) is 11.5. The molecule has 1 fully saturated rings. The second kappa shape index (κ2) is 14.3. The van der Waals surface area contributed by atoms with Gasteiger partial charge in [0.2, 0.25) is 17.7 Å². The summed E-state index contributed by atoms with van der Waals surface area (Å²) in [5, 5.41) is 46.2. The van der Waals surface area contributed by atoms with Gasteiger partial charge < -0.3 is 51.6 Å². The molecule has 0 bridgehead atoms. The summed E-state index contributed by atoms with van der Waals surface area (Å²) in [7, 11) is 0. The van der Waals surface area contributed by atoms with Crippen LogP contribution in [0.25, 0.3) is 0 Å². The summed E-state index contributed by atoms with van der Waals surface area (Å²) in [6, 6.07) is 4.16. The summed E-state index contributed by atoms with van der Waals surface area (Å²) in [6.07, 6.45) is -6.58. The quantitative estimate of drug-likeness (QED) is 0.122. The maximum Gasteiger partial charge on any atom is 0.303 e. The molecule has 15 heteroatoms. The van der Waals surface area contributed by atoms with Crippen molar-refractivity contribution >= 4 is 29.6 Å². The topological polar surface area (TPSA) is 247 Å². The highest BCUT2D eigenvalue weighted by molar-refractivity contribution is 5.94. The molecule has 1 aliphatic heterocycles. The Balaban J connectivity index is 2.00. The van der Waals surface area contributed by atoms with Crippen LogP contribution in [0.5, 0.6) is 0 Å². The fraction of sp³-hybridized carbons (Fsp3) is 0.522. The van der Waals surface area contributed by atoms with Gasteiger partial charge in [0.15, 0.2) is 6.29 Å². The molecular formula is C23H32N4O11. The SMILES string of the molecule is CC(NC(=O)CO[C@H]1[C@H](O)[C@@H](CO)OC(O)[C@@H]1NC(=O)c1ccccc1)C(=O)NC(CCC(=O)O)C(N)=O. The molecule has 1 aromatic rings. The molecule has 15 nitrogen and oxygen atoms in total. The van der Waals surface area contributed by atoms with E-state index in [0.717, 1.165) is 0 Å². The van der Waals surface area contributed by atoms with Crippen molar-refractivity contribution in [3.05, 3.63) is 35.9 Å². The maximum absolute atomic E-state index is 12.6. The molecule has 3 unspecified atom stereocenters. The van der Waals surface area contributed by atoms with E-state index >= 15 is 0 Å². The Labute approximate surface area is 217 Å². The van der Waals surface area contributed by atoms with Gasteiger partial charge in [0.05, 0.1) is 6.61 Å². The minimum atomic E-state index is -1.70. The van der Waals surface area contributed by atoms with Crippen LogP contribution in [0.2, 0.25) is 0 Å². The molecule has 0 spiro atoms. The highest BCUT2D eigenvalue weighted by Crippen LogP contribution is 2.23. The fourth-order valence-corrected chi connectivity index (χ4v) is 3.63. The van der Waals surface area contributed by atoms with Gasteiger partial charge in [-0.3, -0.25) is 24.0 Å². The van der Waals surface area contributed by atoms with Gasteiger partial charge in [-0.15, -0.1) is 0 Å². The van der Waals surface area contributed by atoms with E-state index in [4.69, 9.17) is 20.3 Å². The van der Waals surface area contributed by atoms with E-state index in [9.17, 15) is 39.3 Å². The standard InChI is InChI=1S/C23H32N4O11/c1-11(21(34)26-13(20(24)33)7-8-16(30)31)25-15(29)10-37-19-17(23(36)38-14(9-28)18(19)32)27-22(35)12-5-3-2-4-6-12/h2-6,11,13-14,17-19,23,28,32,36H,7-10H2,1H3,(H2,24,33)(H,25,29)(H,26,34)(H,27,35)(H,30,31)/t11?,13?,14-,17-,18-,19-,23?/m1/s1. The van der Waals surface area contributed by atoms with E-state index in [1.165, 1.54) is 19.1 Å². The number of rotatable bonds is 13. The van der Waals surface area contributed by atoms with Gasteiger partial charge in [-0.2, -0.15) is 0 Å². The number of nitrogens with one attached hydrogen (secondary N) is 3. The van der Waals surface area contributed by atoms with Gasteiger partial charge in [-0.05, 0) is 25.5 Å². The summed E-state index contributed by atoms with van der Waals surface area (Å²) >= 11 is 0. The first-order chi connectivity index (χ1) is 17.9. The van der Waals surface area contributed by atoms with E-state index in [-0.39, 0.29) is 12.0 Å². The minimum absolute atomic E-state index is 0.243. The Morgan fingerprint density at radius 2 is 1.76 bits per heavy atom. The molecule has 1 heterocycles. The summed E-state index contributed by atoms with van der Waals surface area (Å²) in [5.41, 5.74) is 5.42. The number of aliphatic carboxylic acids is 1. The van der Waals surface area contributed by atoms with E-state index in [1.54, 1.807) is 18.2 Å². The molecule has 2 rings (SSSR count). The molecule has 4 amide bonds. The van der Waals surface area contributed by atoms with Gasteiger partial charge in [0, 0.05) is 12.0 Å². The second-order valence-electron chi connectivity index (χ2n) is 8.56. The third-order valence-electron chi connectivity index (χ3n) is 5.69. The monoisotopic (exact) mass is 540 g/mol. The molecule has 0 radical (unpaired) electrons. The number of carboxylic acids is 1. The lowest BCUT2D eigenvalue weighted by Gasteiger charge is -2.42. The number of ether oxygens (including phenoxy) is 2. The zero-order valence-corrected chi connectivity index (χ0v) is 20.5. The number of hydrogen-bond acceptors (Lipinski definition) is 10. The molecule has 7 atom stereocenters. The van der Waals surface area contributed by atoms with E-state index < -0.39 is 92.0 Å². The van der Waals surface area contributed by atoms with Crippen LogP contribution in [0.4, 0.5) is 0 Å². The van der Waals surface area contributed by atoms with Crippen LogP contribution in [0, 0.1) is 0 Å². The fourth-order valence-electron chi connectivity index (χ4n) is 3.63. The normalized spacial score (nSPS) is 24.5. The predicted octanol–water partition coefficient (Wildman–Crippen LogP) is -3.42. The highest BCUT2D eigenvalue weighted by Gasteiger charge is 2.46. The molecule has 38 heavy (non-hydrogen) atoms. The zero-order chi connectivity index (χ0) is 28.4. The lowest BCUT2D eigenvalue weighted by molar-refractivity contribution is -0.260. The average Bonchev–Trinajstić information content (AvgIpc) is 2.87. The number of hydrogen-bond donors (Lipinski definition) is 8. The number of carboxylic acid groups (broad SMARTS) is 1. The third kappa shape index (κ3) is 8.74. The van der Waals surface area contributed by atoms with Crippen molar-refractivity contribution in [2.45, 2.75) is 62.5 Å². The molecule has 1 aliphatic rings. The van der Waals surface area contributed by atoms with Crippen LogP contribution in [0.15, 0.2) is 30.3 Å². The van der Waals surface area contributed by atoms with Crippen LogP contribution in [-0.2, 0) is 28.7 Å². The number of amides is 4. The summed E-state index contributed by atoms with van der Waals surface area (Å²) in [6.45, 7) is -0.135. The van der Waals surface area contributed by atoms with Crippen molar-refractivity contribution in [1.82, 2.24) is 16.0 Å². The van der Waals surface area contributed by atoms with Crippen molar-refractivity contribution in [2.75, 3.05) is 13.2 Å². The number of carbonyl (C=O) groups is 5.